The highest BCUT2D eigenvalue weighted by Gasteiger charge is 2.15. The first-order valence-electron chi connectivity index (χ1n) is 7.93. The van der Waals surface area contributed by atoms with Crippen molar-refractivity contribution in [2.24, 2.45) is 0 Å². The first kappa shape index (κ1) is 15.1. The molecule has 0 saturated carbocycles. The predicted octanol–water partition coefficient (Wildman–Crippen LogP) is 2.39. The first-order valence-corrected chi connectivity index (χ1v) is 7.93. The number of amides is 1. The van der Waals surface area contributed by atoms with Crippen LogP contribution in [-0.2, 0) is 17.9 Å². The van der Waals surface area contributed by atoms with E-state index in [9.17, 15) is 4.79 Å². The van der Waals surface area contributed by atoms with Crippen LogP contribution in [0.1, 0.15) is 44.7 Å². The molecule has 4 nitrogen and oxygen atoms in total. The Balaban J connectivity index is 1.65. The number of rotatable bonds is 7. The Labute approximate surface area is 122 Å². The summed E-state index contributed by atoms with van der Waals surface area (Å²) in [7, 11) is 0. The summed E-state index contributed by atoms with van der Waals surface area (Å²) in [4.78, 5) is 14.0. The standard InChI is InChI=1S/C16H27N3O/c1-2-10-18-13-6-7-15(18)14-17-9-8-16(20)19-11-4-3-5-12-19/h6-7,13,17H,2-5,8-12,14H2,1H3. The van der Waals surface area contributed by atoms with E-state index in [1.165, 1.54) is 25.0 Å². The van der Waals surface area contributed by atoms with Gasteiger partial charge in [0.1, 0.15) is 0 Å². The number of nitrogens with zero attached hydrogens (tertiary/aromatic N) is 2. The summed E-state index contributed by atoms with van der Waals surface area (Å²) in [6.07, 6.45) is 7.51. The molecule has 112 valence electrons. The Morgan fingerprint density at radius 1 is 1.30 bits per heavy atom. The van der Waals surface area contributed by atoms with Crippen molar-refractivity contribution in [3.8, 4) is 0 Å². The molecule has 4 heteroatoms. The molecule has 1 aliphatic heterocycles. The average molecular weight is 277 g/mol. The third-order valence-electron chi connectivity index (χ3n) is 3.92. The van der Waals surface area contributed by atoms with Crippen molar-refractivity contribution in [2.45, 2.75) is 52.1 Å². The first-order chi connectivity index (χ1) is 9.81. The molecule has 20 heavy (non-hydrogen) atoms. The molecule has 1 fully saturated rings. The van der Waals surface area contributed by atoms with E-state index in [0.717, 1.165) is 39.1 Å². The van der Waals surface area contributed by atoms with Crippen molar-refractivity contribution in [3.05, 3.63) is 24.0 Å². The highest BCUT2D eigenvalue weighted by molar-refractivity contribution is 5.76. The fourth-order valence-electron chi connectivity index (χ4n) is 2.78. The molecule has 0 atom stereocenters. The zero-order valence-electron chi connectivity index (χ0n) is 12.6. The van der Waals surface area contributed by atoms with Gasteiger partial charge in [-0.3, -0.25) is 4.79 Å². The minimum atomic E-state index is 0.307. The van der Waals surface area contributed by atoms with Gasteiger partial charge in [0.15, 0.2) is 0 Å². The molecule has 0 spiro atoms. The lowest BCUT2D eigenvalue weighted by atomic mass is 10.1. The van der Waals surface area contributed by atoms with Crippen molar-refractivity contribution < 1.29 is 4.79 Å². The Bertz CT molecular complexity index is 408. The fourth-order valence-corrected chi connectivity index (χ4v) is 2.78. The SMILES string of the molecule is CCCn1cccc1CNCCC(=O)N1CCCCC1. The third-order valence-corrected chi connectivity index (χ3v) is 3.92. The van der Waals surface area contributed by atoms with Gasteiger partial charge in [0, 0.05) is 51.0 Å². The maximum Gasteiger partial charge on any atom is 0.223 e. The zero-order chi connectivity index (χ0) is 14.2. The second-order valence-corrected chi connectivity index (χ2v) is 5.56. The molecule has 0 aromatic carbocycles. The number of likely N-dealkylation sites (tertiary alicyclic amines) is 1. The maximum atomic E-state index is 12.0. The minimum absolute atomic E-state index is 0.307. The smallest absolute Gasteiger partial charge is 0.223 e. The van der Waals surface area contributed by atoms with Crippen molar-refractivity contribution in [1.82, 2.24) is 14.8 Å². The Hall–Kier alpha value is -1.29. The Morgan fingerprint density at radius 2 is 2.10 bits per heavy atom. The van der Waals surface area contributed by atoms with Crippen molar-refractivity contribution in [1.29, 1.82) is 0 Å². The van der Waals surface area contributed by atoms with Gasteiger partial charge >= 0.3 is 0 Å². The lowest BCUT2D eigenvalue weighted by molar-refractivity contribution is -0.131. The summed E-state index contributed by atoms with van der Waals surface area (Å²) in [5.41, 5.74) is 1.30. The number of aryl methyl sites for hydroxylation is 1. The van der Waals surface area contributed by atoms with Crippen LogP contribution in [0.2, 0.25) is 0 Å². The van der Waals surface area contributed by atoms with Crippen LogP contribution in [0.25, 0.3) is 0 Å². The summed E-state index contributed by atoms with van der Waals surface area (Å²) < 4.78 is 2.28. The monoisotopic (exact) mass is 277 g/mol. The second kappa shape index (κ2) is 8.10. The van der Waals surface area contributed by atoms with E-state index in [-0.39, 0.29) is 0 Å². The van der Waals surface area contributed by atoms with Crippen LogP contribution >= 0.6 is 0 Å². The van der Waals surface area contributed by atoms with Crippen LogP contribution in [0.3, 0.4) is 0 Å². The van der Waals surface area contributed by atoms with Crippen LogP contribution in [0.5, 0.6) is 0 Å². The van der Waals surface area contributed by atoms with E-state index >= 15 is 0 Å². The van der Waals surface area contributed by atoms with Crippen LogP contribution < -0.4 is 5.32 Å². The van der Waals surface area contributed by atoms with Gasteiger partial charge in [-0.05, 0) is 37.8 Å². The molecule has 0 radical (unpaired) electrons. The Kier molecular flexibility index (Phi) is 6.12. The van der Waals surface area contributed by atoms with Gasteiger partial charge in [0.2, 0.25) is 5.91 Å². The molecule has 0 unspecified atom stereocenters. The van der Waals surface area contributed by atoms with Crippen molar-refractivity contribution in [3.63, 3.8) is 0 Å². The number of hydrogen-bond acceptors (Lipinski definition) is 2. The van der Waals surface area contributed by atoms with Crippen LogP contribution in [0, 0.1) is 0 Å². The summed E-state index contributed by atoms with van der Waals surface area (Å²) in [5.74, 6) is 0.307. The van der Waals surface area contributed by atoms with Crippen LogP contribution in [0.15, 0.2) is 18.3 Å². The van der Waals surface area contributed by atoms with Crippen molar-refractivity contribution >= 4 is 5.91 Å². The summed E-state index contributed by atoms with van der Waals surface area (Å²) in [6, 6.07) is 4.24. The lowest BCUT2D eigenvalue weighted by Crippen LogP contribution is -2.37. The van der Waals surface area contributed by atoms with E-state index in [1.807, 2.05) is 4.90 Å². The van der Waals surface area contributed by atoms with Gasteiger partial charge in [-0.1, -0.05) is 6.92 Å². The quantitative estimate of drug-likeness (QED) is 0.777. The molecule has 2 heterocycles. The molecule has 0 aliphatic carbocycles. The largest absolute Gasteiger partial charge is 0.350 e. The molecule has 1 aromatic rings. The Morgan fingerprint density at radius 3 is 2.85 bits per heavy atom. The normalized spacial score (nSPS) is 15.6. The number of carbonyl (C=O) groups is 1. The fraction of sp³-hybridized carbons (Fsp3) is 0.688. The van der Waals surface area contributed by atoms with Gasteiger partial charge in [-0.25, -0.2) is 0 Å². The molecule has 2 rings (SSSR count). The molecule has 1 aromatic heterocycles. The van der Waals surface area contributed by atoms with Crippen LogP contribution in [0.4, 0.5) is 0 Å². The van der Waals surface area contributed by atoms with Crippen molar-refractivity contribution in [2.75, 3.05) is 19.6 Å². The third kappa shape index (κ3) is 4.37. The van der Waals surface area contributed by atoms with E-state index in [0.29, 0.717) is 12.3 Å². The summed E-state index contributed by atoms with van der Waals surface area (Å²) >= 11 is 0. The van der Waals surface area contributed by atoms with E-state index in [1.54, 1.807) is 0 Å². The highest BCUT2D eigenvalue weighted by atomic mass is 16.2. The lowest BCUT2D eigenvalue weighted by Gasteiger charge is -2.26. The second-order valence-electron chi connectivity index (χ2n) is 5.56. The van der Waals surface area contributed by atoms with Gasteiger partial charge in [-0.15, -0.1) is 0 Å². The van der Waals surface area contributed by atoms with E-state index in [4.69, 9.17) is 0 Å². The maximum absolute atomic E-state index is 12.0. The van der Waals surface area contributed by atoms with Gasteiger partial charge in [0.05, 0.1) is 0 Å². The van der Waals surface area contributed by atoms with Gasteiger partial charge in [-0.2, -0.15) is 0 Å². The molecule has 0 bridgehead atoms. The van der Waals surface area contributed by atoms with Gasteiger partial charge in [0.25, 0.3) is 0 Å². The number of hydrogen-bond donors (Lipinski definition) is 1. The molecular formula is C16H27N3O. The molecule has 1 N–H and O–H groups in total. The van der Waals surface area contributed by atoms with Crippen LogP contribution in [-0.4, -0.2) is 35.0 Å². The zero-order valence-corrected chi connectivity index (χ0v) is 12.6. The molecular weight excluding hydrogens is 250 g/mol. The number of carbonyl (C=O) groups excluding carboxylic acids is 1. The molecule has 1 amide bonds. The number of piperidine rings is 1. The highest BCUT2D eigenvalue weighted by Crippen LogP contribution is 2.09. The number of aromatic nitrogens is 1. The minimum Gasteiger partial charge on any atom is -0.350 e. The topological polar surface area (TPSA) is 37.3 Å². The van der Waals surface area contributed by atoms with E-state index < -0.39 is 0 Å². The summed E-state index contributed by atoms with van der Waals surface area (Å²) in [6.45, 7) is 6.79. The molecule has 1 saturated heterocycles. The van der Waals surface area contributed by atoms with E-state index in [2.05, 4.69) is 35.1 Å². The average Bonchev–Trinajstić information content (AvgIpc) is 2.92. The van der Waals surface area contributed by atoms with Gasteiger partial charge < -0.3 is 14.8 Å². The number of nitrogens with one attached hydrogen (secondary N) is 1. The molecule has 1 aliphatic rings. The summed E-state index contributed by atoms with van der Waals surface area (Å²) in [5, 5.41) is 3.39. The predicted molar refractivity (Wildman–Crippen MR) is 81.5 cm³/mol.